The van der Waals surface area contributed by atoms with Crippen LogP contribution in [0.15, 0.2) is 18.6 Å². The van der Waals surface area contributed by atoms with Crippen LogP contribution in [-0.2, 0) is 31.3 Å². The predicted molar refractivity (Wildman–Crippen MR) is 122 cm³/mol. The van der Waals surface area contributed by atoms with E-state index in [-0.39, 0.29) is 10.8 Å². The van der Waals surface area contributed by atoms with Gasteiger partial charge in [0.15, 0.2) is 0 Å². The quantitative estimate of drug-likeness (QED) is 0.484. The van der Waals surface area contributed by atoms with Crippen molar-refractivity contribution >= 4 is 22.1 Å². The molecule has 0 aliphatic rings. The van der Waals surface area contributed by atoms with Crippen molar-refractivity contribution in [3.05, 3.63) is 47.1 Å². The second-order valence-corrected chi connectivity index (χ2v) is 10.4. The van der Waals surface area contributed by atoms with E-state index in [9.17, 15) is 0 Å². The SMILES string of the molecule is Cc1cn(C)c2nc(Cc3cc4c(C(C)(C)C)ncnc4n3C)nc(C(C)(C)C)c12. The molecule has 4 aromatic heterocycles. The molecule has 158 valence electrons. The lowest BCUT2D eigenvalue weighted by Gasteiger charge is -2.20. The molecule has 0 aromatic carbocycles. The molecule has 6 heteroatoms. The van der Waals surface area contributed by atoms with Crippen LogP contribution in [0.4, 0.5) is 0 Å². The van der Waals surface area contributed by atoms with Gasteiger partial charge in [-0.25, -0.2) is 19.9 Å². The maximum Gasteiger partial charge on any atom is 0.143 e. The minimum Gasteiger partial charge on any atom is -0.335 e. The fourth-order valence-corrected chi connectivity index (χ4v) is 4.27. The second-order valence-electron chi connectivity index (χ2n) is 10.4. The molecule has 0 atom stereocenters. The largest absolute Gasteiger partial charge is 0.335 e. The fourth-order valence-electron chi connectivity index (χ4n) is 4.27. The highest BCUT2D eigenvalue weighted by Crippen LogP contribution is 2.32. The molecule has 0 amide bonds. The summed E-state index contributed by atoms with van der Waals surface area (Å²) in [5, 5.41) is 2.28. The van der Waals surface area contributed by atoms with Gasteiger partial charge < -0.3 is 9.13 Å². The highest BCUT2D eigenvalue weighted by molar-refractivity contribution is 5.84. The molecule has 6 nitrogen and oxygen atoms in total. The third kappa shape index (κ3) is 3.28. The number of hydrogen-bond donors (Lipinski definition) is 0. The van der Waals surface area contributed by atoms with E-state index in [0.717, 1.165) is 39.6 Å². The molecule has 0 N–H and O–H groups in total. The van der Waals surface area contributed by atoms with Crippen LogP contribution in [0, 0.1) is 6.92 Å². The summed E-state index contributed by atoms with van der Waals surface area (Å²) < 4.78 is 4.25. The lowest BCUT2D eigenvalue weighted by molar-refractivity contribution is 0.569. The van der Waals surface area contributed by atoms with Crippen molar-refractivity contribution in [1.29, 1.82) is 0 Å². The van der Waals surface area contributed by atoms with Crippen LogP contribution < -0.4 is 0 Å². The van der Waals surface area contributed by atoms with Gasteiger partial charge in [0.2, 0.25) is 0 Å². The smallest absolute Gasteiger partial charge is 0.143 e. The Balaban J connectivity index is 1.89. The molecular weight excluding hydrogens is 372 g/mol. The molecule has 4 aromatic rings. The minimum absolute atomic E-state index is 0.0464. The lowest BCUT2D eigenvalue weighted by atomic mass is 9.89. The summed E-state index contributed by atoms with van der Waals surface area (Å²) in [6.45, 7) is 15.3. The van der Waals surface area contributed by atoms with E-state index in [0.29, 0.717) is 6.42 Å². The van der Waals surface area contributed by atoms with Crippen molar-refractivity contribution in [2.75, 3.05) is 0 Å². The van der Waals surface area contributed by atoms with Crippen LogP contribution in [0.3, 0.4) is 0 Å². The van der Waals surface area contributed by atoms with Crippen molar-refractivity contribution in [2.24, 2.45) is 14.1 Å². The lowest BCUT2D eigenvalue weighted by Crippen LogP contribution is -2.17. The number of rotatable bonds is 2. The molecule has 0 unspecified atom stereocenters. The van der Waals surface area contributed by atoms with Crippen molar-refractivity contribution in [3.8, 4) is 0 Å². The van der Waals surface area contributed by atoms with E-state index in [1.807, 2.05) is 0 Å². The Morgan fingerprint density at radius 3 is 2.17 bits per heavy atom. The first-order chi connectivity index (χ1) is 13.9. The molecule has 0 fully saturated rings. The van der Waals surface area contributed by atoms with E-state index in [4.69, 9.17) is 9.97 Å². The fraction of sp³-hybridized carbons (Fsp3) is 0.500. The summed E-state index contributed by atoms with van der Waals surface area (Å²) in [6, 6.07) is 2.20. The van der Waals surface area contributed by atoms with E-state index >= 15 is 0 Å². The highest BCUT2D eigenvalue weighted by Gasteiger charge is 2.25. The zero-order valence-electron chi connectivity index (χ0n) is 19.6. The van der Waals surface area contributed by atoms with Crippen LogP contribution in [0.1, 0.15) is 70.0 Å². The van der Waals surface area contributed by atoms with E-state index in [2.05, 4.69) is 93.9 Å². The van der Waals surface area contributed by atoms with Crippen LogP contribution in [0.25, 0.3) is 22.1 Å². The Kier molecular flexibility index (Phi) is 4.53. The third-order valence-corrected chi connectivity index (χ3v) is 5.73. The second kappa shape index (κ2) is 6.62. The van der Waals surface area contributed by atoms with Crippen LogP contribution >= 0.6 is 0 Å². The first-order valence-electron chi connectivity index (χ1n) is 10.5. The van der Waals surface area contributed by atoms with Gasteiger partial charge >= 0.3 is 0 Å². The molecule has 0 bridgehead atoms. The molecule has 0 spiro atoms. The number of aromatic nitrogens is 6. The van der Waals surface area contributed by atoms with E-state index in [1.165, 1.54) is 10.9 Å². The number of fused-ring (bicyclic) bond motifs is 2. The van der Waals surface area contributed by atoms with Gasteiger partial charge in [0.1, 0.15) is 23.4 Å². The molecule has 4 heterocycles. The molecule has 0 aliphatic heterocycles. The van der Waals surface area contributed by atoms with Gasteiger partial charge in [-0.15, -0.1) is 0 Å². The Hall–Kier alpha value is -2.76. The van der Waals surface area contributed by atoms with Crippen molar-refractivity contribution in [1.82, 2.24) is 29.1 Å². The summed E-state index contributed by atoms with van der Waals surface area (Å²) in [4.78, 5) is 19.1. The maximum absolute atomic E-state index is 5.05. The van der Waals surface area contributed by atoms with Gasteiger partial charge in [0, 0.05) is 54.0 Å². The molecule has 0 radical (unpaired) electrons. The Morgan fingerprint density at radius 1 is 0.867 bits per heavy atom. The Bertz CT molecular complexity index is 1260. The van der Waals surface area contributed by atoms with Gasteiger partial charge in [-0.05, 0) is 18.6 Å². The zero-order chi connectivity index (χ0) is 22.0. The summed E-state index contributed by atoms with van der Waals surface area (Å²) in [6.07, 6.45) is 4.46. The van der Waals surface area contributed by atoms with Gasteiger partial charge in [0.25, 0.3) is 0 Å². The average Bonchev–Trinajstić information content (AvgIpc) is 3.09. The summed E-state index contributed by atoms with van der Waals surface area (Å²) in [7, 11) is 4.12. The van der Waals surface area contributed by atoms with Crippen molar-refractivity contribution < 1.29 is 0 Å². The normalized spacial score (nSPS) is 13.0. The summed E-state index contributed by atoms with van der Waals surface area (Å²) in [5.74, 6) is 0.838. The molecular formula is C24H32N6. The highest BCUT2D eigenvalue weighted by atomic mass is 15.1. The number of nitrogens with zero attached hydrogens (tertiary/aromatic N) is 6. The van der Waals surface area contributed by atoms with Crippen LogP contribution in [-0.4, -0.2) is 29.1 Å². The molecule has 0 aliphatic carbocycles. The van der Waals surface area contributed by atoms with Gasteiger partial charge in [-0.2, -0.15) is 0 Å². The minimum atomic E-state index is -0.0636. The average molecular weight is 405 g/mol. The monoisotopic (exact) mass is 404 g/mol. The summed E-state index contributed by atoms with van der Waals surface area (Å²) in [5.41, 5.74) is 6.38. The van der Waals surface area contributed by atoms with Crippen molar-refractivity contribution in [3.63, 3.8) is 0 Å². The van der Waals surface area contributed by atoms with E-state index < -0.39 is 0 Å². The Labute approximate surface area is 178 Å². The van der Waals surface area contributed by atoms with Gasteiger partial charge in [-0.3, -0.25) is 0 Å². The molecule has 0 saturated carbocycles. The molecule has 4 rings (SSSR count). The first-order valence-corrected chi connectivity index (χ1v) is 10.5. The third-order valence-electron chi connectivity index (χ3n) is 5.73. The van der Waals surface area contributed by atoms with Crippen molar-refractivity contribution in [2.45, 2.75) is 65.7 Å². The maximum atomic E-state index is 5.05. The van der Waals surface area contributed by atoms with Gasteiger partial charge in [-0.1, -0.05) is 41.5 Å². The Morgan fingerprint density at radius 2 is 1.53 bits per heavy atom. The van der Waals surface area contributed by atoms with Gasteiger partial charge in [0.05, 0.1) is 11.4 Å². The topological polar surface area (TPSA) is 61.4 Å². The van der Waals surface area contributed by atoms with Crippen LogP contribution in [0.2, 0.25) is 0 Å². The van der Waals surface area contributed by atoms with Crippen LogP contribution in [0.5, 0.6) is 0 Å². The number of aryl methyl sites for hydroxylation is 3. The zero-order valence-corrected chi connectivity index (χ0v) is 19.6. The first kappa shape index (κ1) is 20.5. The van der Waals surface area contributed by atoms with E-state index in [1.54, 1.807) is 6.33 Å². The number of hydrogen-bond acceptors (Lipinski definition) is 4. The predicted octanol–water partition coefficient (Wildman–Crippen LogP) is 4.74. The molecule has 30 heavy (non-hydrogen) atoms. The standard InChI is InChI=1S/C24H32N6/c1-14-12-29(8)22-18(14)20(24(5,6)7)27-17(28-22)11-15-10-16-19(23(2,3)4)25-13-26-21(16)30(15)9/h10,12-13H,11H2,1-9H3. The summed E-state index contributed by atoms with van der Waals surface area (Å²) >= 11 is 0. The molecule has 0 saturated heterocycles.